The Morgan fingerprint density at radius 3 is 2.95 bits per heavy atom. The lowest BCUT2D eigenvalue weighted by Gasteiger charge is -2.28. The van der Waals surface area contributed by atoms with Crippen LogP contribution in [0, 0.1) is 17.2 Å². The molecule has 2 N–H and O–H groups in total. The van der Waals surface area contributed by atoms with Gasteiger partial charge in [-0.15, -0.1) is 11.3 Å². The zero-order chi connectivity index (χ0) is 15.2. The predicted molar refractivity (Wildman–Crippen MR) is 81.8 cm³/mol. The molecule has 0 bridgehead atoms. The van der Waals surface area contributed by atoms with Crippen LogP contribution in [0.5, 0.6) is 0 Å². The molecule has 1 fully saturated rings. The topological polar surface area (TPSA) is 82.0 Å². The normalized spacial score (nSPS) is 21.3. The Bertz CT molecular complexity index is 562. The smallest absolute Gasteiger partial charge is 0.314 e. The van der Waals surface area contributed by atoms with Gasteiger partial charge in [-0.2, -0.15) is 5.26 Å². The highest BCUT2D eigenvalue weighted by Crippen LogP contribution is 2.26. The molecule has 2 rings (SSSR count). The van der Waals surface area contributed by atoms with Gasteiger partial charge in [0.2, 0.25) is 0 Å². The molecule has 2 atom stereocenters. The number of carbonyl (C=O) groups excluding carboxylic acids is 2. The van der Waals surface area contributed by atoms with E-state index in [4.69, 9.17) is 5.26 Å². The maximum Gasteiger partial charge on any atom is 0.314 e. The Balaban J connectivity index is 1.88. The van der Waals surface area contributed by atoms with Crippen molar-refractivity contribution in [1.29, 1.82) is 5.26 Å². The molecule has 6 heteroatoms. The van der Waals surface area contributed by atoms with Crippen molar-refractivity contribution in [2.45, 2.75) is 45.1 Å². The Labute approximate surface area is 128 Å². The molecule has 5 nitrogen and oxygen atoms in total. The van der Waals surface area contributed by atoms with E-state index in [-0.39, 0.29) is 6.04 Å². The van der Waals surface area contributed by atoms with Crippen molar-refractivity contribution in [1.82, 2.24) is 5.32 Å². The van der Waals surface area contributed by atoms with Crippen LogP contribution in [-0.2, 0) is 9.59 Å². The number of hydrogen-bond acceptors (Lipinski definition) is 4. The highest BCUT2D eigenvalue weighted by atomic mass is 32.1. The first-order valence-corrected chi connectivity index (χ1v) is 8.11. The molecule has 0 spiro atoms. The van der Waals surface area contributed by atoms with E-state index in [1.807, 2.05) is 6.07 Å². The maximum atomic E-state index is 11.9. The van der Waals surface area contributed by atoms with E-state index in [1.165, 1.54) is 17.8 Å². The fourth-order valence-corrected chi connectivity index (χ4v) is 3.43. The summed E-state index contributed by atoms with van der Waals surface area (Å²) in [6, 6.07) is 3.68. The van der Waals surface area contributed by atoms with Gasteiger partial charge in [-0.25, -0.2) is 0 Å². The molecule has 0 saturated heterocycles. The van der Waals surface area contributed by atoms with Crippen LogP contribution in [-0.4, -0.2) is 17.9 Å². The summed E-state index contributed by atoms with van der Waals surface area (Å²) in [4.78, 5) is 23.8. The first kappa shape index (κ1) is 15.5. The van der Waals surface area contributed by atoms with Crippen LogP contribution >= 0.6 is 11.3 Å². The van der Waals surface area contributed by atoms with Gasteiger partial charge in [-0.05, 0) is 30.2 Å². The van der Waals surface area contributed by atoms with Crippen LogP contribution in [0.1, 0.15) is 44.6 Å². The maximum absolute atomic E-state index is 11.9. The Morgan fingerprint density at radius 2 is 2.24 bits per heavy atom. The number of nitriles is 1. The summed E-state index contributed by atoms with van der Waals surface area (Å²) >= 11 is 1.24. The Kier molecular flexibility index (Phi) is 5.34. The zero-order valence-electron chi connectivity index (χ0n) is 12.0. The summed E-state index contributed by atoms with van der Waals surface area (Å²) in [5.41, 5.74) is 0.380. The molecule has 1 aliphatic rings. The molecule has 1 aromatic rings. The zero-order valence-corrected chi connectivity index (χ0v) is 12.8. The first-order valence-electron chi connectivity index (χ1n) is 7.23. The van der Waals surface area contributed by atoms with Gasteiger partial charge < -0.3 is 10.6 Å². The third-order valence-electron chi connectivity index (χ3n) is 3.91. The number of nitrogens with one attached hydrogen (secondary N) is 2. The molecule has 1 saturated carbocycles. The molecule has 1 aromatic heterocycles. The van der Waals surface area contributed by atoms with Crippen molar-refractivity contribution in [3.8, 4) is 6.07 Å². The molecule has 1 heterocycles. The van der Waals surface area contributed by atoms with Crippen molar-refractivity contribution in [2.24, 2.45) is 5.92 Å². The fourth-order valence-electron chi connectivity index (χ4n) is 2.70. The lowest BCUT2D eigenvalue weighted by atomic mass is 9.84. The largest absolute Gasteiger partial charge is 0.345 e. The van der Waals surface area contributed by atoms with Gasteiger partial charge in [0.15, 0.2) is 0 Å². The average Bonchev–Trinajstić information content (AvgIpc) is 2.94. The van der Waals surface area contributed by atoms with Crippen molar-refractivity contribution < 1.29 is 9.59 Å². The summed E-state index contributed by atoms with van der Waals surface area (Å²) in [5.74, 6) is -0.684. The van der Waals surface area contributed by atoms with Gasteiger partial charge in [-0.3, -0.25) is 9.59 Å². The summed E-state index contributed by atoms with van der Waals surface area (Å²) < 4.78 is 0. The molecule has 0 radical (unpaired) electrons. The van der Waals surface area contributed by atoms with Gasteiger partial charge in [0.05, 0.1) is 5.56 Å². The molecule has 1 aliphatic carbocycles. The molecule has 2 amide bonds. The number of anilines is 1. The van der Waals surface area contributed by atoms with Crippen LogP contribution in [0.15, 0.2) is 11.4 Å². The van der Waals surface area contributed by atoms with Crippen LogP contribution in [0.4, 0.5) is 5.00 Å². The van der Waals surface area contributed by atoms with Crippen molar-refractivity contribution >= 4 is 28.2 Å². The SMILES string of the molecule is CC[C@H]1CCC[C@H](NC(=O)C(=O)Nc2sccc2C#N)C1. The molecular formula is C15H19N3O2S. The van der Waals surface area contributed by atoms with Crippen molar-refractivity contribution in [3.63, 3.8) is 0 Å². The molecule has 0 aliphatic heterocycles. The van der Waals surface area contributed by atoms with Gasteiger partial charge in [0.1, 0.15) is 11.1 Å². The molecule has 112 valence electrons. The van der Waals surface area contributed by atoms with Crippen LogP contribution < -0.4 is 10.6 Å². The lowest BCUT2D eigenvalue weighted by Crippen LogP contribution is -2.43. The van der Waals surface area contributed by atoms with Crippen molar-refractivity contribution in [3.05, 3.63) is 17.0 Å². The van der Waals surface area contributed by atoms with Gasteiger partial charge in [-0.1, -0.05) is 26.2 Å². The van der Waals surface area contributed by atoms with E-state index >= 15 is 0 Å². The second-order valence-electron chi connectivity index (χ2n) is 5.34. The number of rotatable bonds is 3. The minimum absolute atomic E-state index is 0.0840. The monoisotopic (exact) mass is 305 g/mol. The summed E-state index contributed by atoms with van der Waals surface area (Å²) in [6.45, 7) is 2.15. The first-order chi connectivity index (χ1) is 10.1. The molecule has 0 aromatic carbocycles. The Hall–Kier alpha value is -1.87. The second-order valence-corrected chi connectivity index (χ2v) is 6.26. The lowest BCUT2D eigenvalue weighted by molar-refractivity contribution is -0.136. The predicted octanol–water partition coefficient (Wildman–Crippen LogP) is 2.64. The van der Waals surface area contributed by atoms with E-state index in [2.05, 4.69) is 17.6 Å². The number of carbonyl (C=O) groups is 2. The third kappa shape index (κ3) is 4.05. The van der Waals surface area contributed by atoms with E-state index in [9.17, 15) is 9.59 Å². The molecule has 0 unspecified atom stereocenters. The van der Waals surface area contributed by atoms with Crippen molar-refractivity contribution in [2.75, 3.05) is 5.32 Å². The van der Waals surface area contributed by atoms with E-state index < -0.39 is 11.8 Å². The number of thiophene rings is 1. The minimum atomic E-state index is -0.701. The summed E-state index contributed by atoms with van der Waals surface area (Å²) in [5, 5.41) is 16.3. The van der Waals surface area contributed by atoms with E-state index in [0.717, 1.165) is 25.7 Å². The highest BCUT2D eigenvalue weighted by molar-refractivity contribution is 7.14. The van der Waals surface area contributed by atoms with Gasteiger partial charge in [0, 0.05) is 6.04 Å². The standard InChI is InChI=1S/C15H19N3O2S/c1-2-10-4-3-5-12(8-10)17-13(19)14(20)18-15-11(9-16)6-7-21-15/h6-7,10,12H,2-5,8H2,1H3,(H,17,19)(H,18,20)/t10-,12-/m0/s1. The highest BCUT2D eigenvalue weighted by Gasteiger charge is 2.25. The van der Waals surface area contributed by atoms with E-state index in [0.29, 0.717) is 16.5 Å². The van der Waals surface area contributed by atoms with Crippen LogP contribution in [0.2, 0.25) is 0 Å². The van der Waals surface area contributed by atoms with Gasteiger partial charge >= 0.3 is 11.8 Å². The van der Waals surface area contributed by atoms with Crippen LogP contribution in [0.25, 0.3) is 0 Å². The Morgan fingerprint density at radius 1 is 1.43 bits per heavy atom. The van der Waals surface area contributed by atoms with Gasteiger partial charge in [0.25, 0.3) is 0 Å². The quantitative estimate of drug-likeness (QED) is 0.842. The fraction of sp³-hybridized carbons (Fsp3) is 0.533. The number of hydrogen-bond donors (Lipinski definition) is 2. The minimum Gasteiger partial charge on any atom is -0.345 e. The molecular weight excluding hydrogens is 286 g/mol. The van der Waals surface area contributed by atoms with E-state index in [1.54, 1.807) is 11.4 Å². The summed E-state index contributed by atoms with van der Waals surface area (Å²) in [7, 11) is 0. The number of amides is 2. The average molecular weight is 305 g/mol. The summed E-state index contributed by atoms with van der Waals surface area (Å²) in [6.07, 6.45) is 5.28. The molecule has 21 heavy (non-hydrogen) atoms. The third-order valence-corrected chi connectivity index (χ3v) is 4.74. The second kappa shape index (κ2) is 7.23. The van der Waals surface area contributed by atoms with Crippen LogP contribution in [0.3, 0.4) is 0 Å². The number of nitrogens with zero attached hydrogens (tertiary/aromatic N) is 1.